The van der Waals surface area contributed by atoms with Gasteiger partial charge in [-0.25, -0.2) is 0 Å². The minimum absolute atomic E-state index is 0.0567. The molecule has 0 aliphatic heterocycles. The third kappa shape index (κ3) is 1.91. The van der Waals surface area contributed by atoms with E-state index in [1.165, 1.54) is 5.57 Å². The van der Waals surface area contributed by atoms with Crippen molar-refractivity contribution >= 4 is 11.6 Å². The lowest BCUT2D eigenvalue weighted by Gasteiger charge is -2.57. The molecule has 3 saturated carbocycles. The van der Waals surface area contributed by atoms with Crippen LogP contribution >= 0.6 is 0 Å². The largest absolute Gasteiger partial charge is 0.367 e. The molecule has 3 fully saturated rings. The highest BCUT2D eigenvalue weighted by atomic mass is 16.5. The predicted molar refractivity (Wildman–Crippen MR) is 84.3 cm³/mol. The summed E-state index contributed by atoms with van der Waals surface area (Å²) >= 11 is 0. The van der Waals surface area contributed by atoms with Gasteiger partial charge in [0.05, 0.1) is 5.41 Å². The molecule has 0 spiro atoms. The quantitative estimate of drug-likeness (QED) is 0.728. The van der Waals surface area contributed by atoms with Gasteiger partial charge in [-0.05, 0) is 67.8 Å². The number of ketones is 2. The van der Waals surface area contributed by atoms with E-state index < -0.39 is 11.7 Å². The second kappa shape index (κ2) is 5.00. The summed E-state index contributed by atoms with van der Waals surface area (Å²) in [7, 11) is 0. The van der Waals surface area contributed by atoms with E-state index in [-0.39, 0.29) is 22.9 Å². The summed E-state index contributed by atoms with van der Waals surface area (Å²) in [6, 6.07) is 0. The first-order valence-electron chi connectivity index (χ1n) is 9.03. The normalized spacial score (nSPS) is 46.3. The number of hydrogen-bond acceptors (Lipinski definition) is 4. The summed E-state index contributed by atoms with van der Waals surface area (Å²) in [6.07, 6.45) is 6.53. The van der Waals surface area contributed by atoms with Gasteiger partial charge in [0.2, 0.25) is 0 Å². The Kier molecular flexibility index (Phi) is 3.37. The van der Waals surface area contributed by atoms with Crippen LogP contribution in [-0.2, 0) is 9.59 Å². The molecule has 4 aliphatic rings. The van der Waals surface area contributed by atoms with Crippen LogP contribution in [0, 0.1) is 28.6 Å². The Morgan fingerprint density at radius 2 is 1.83 bits per heavy atom. The van der Waals surface area contributed by atoms with Crippen molar-refractivity contribution in [3.63, 3.8) is 0 Å². The minimum atomic E-state index is -1.53. The van der Waals surface area contributed by atoms with Gasteiger partial charge in [-0.2, -0.15) is 0 Å². The molecule has 4 heteroatoms. The molecule has 5 atom stereocenters. The smallest absolute Gasteiger partial charge is 0.164 e. The van der Waals surface area contributed by atoms with Gasteiger partial charge >= 0.3 is 0 Å². The van der Waals surface area contributed by atoms with E-state index in [0.29, 0.717) is 31.1 Å². The van der Waals surface area contributed by atoms with Crippen LogP contribution in [-0.4, -0.2) is 28.1 Å². The van der Waals surface area contributed by atoms with E-state index in [4.69, 9.17) is 0 Å². The van der Waals surface area contributed by atoms with Crippen molar-refractivity contribution in [1.29, 1.82) is 0 Å². The van der Waals surface area contributed by atoms with E-state index in [1.807, 2.05) is 6.08 Å². The SMILES string of the molecule is C[C@]12CCC(=O)C=C1CC[C@@H]1[C@@H]2CC[C@]2(C(O)O)C(=O)CC[C@@H]12. The molecule has 4 aliphatic carbocycles. The number of aliphatic hydroxyl groups excluding tert-OH is 1. The zero-order valence-corrected chi connectivity index (χ0v) is 13.8. The van der Waals surface area contributed by atoms with Crippen LogP contribution in [0.25, 0.3) is 0 Å². The molecule has 0 heterocycles. The lowest BCUT2D eigenvalue weighted by molar-refractivity contribution is -0.191. The van der Waals surface area contributed by atoms with Crippen molar-refractivity contribution in [1.82, 2.24) is 0 Å². The Balaban J connectivity index is 1.72. The Labute approximate surface area is 137 Å². The van der Waals surface area contributed by atoms with Gasteiger partial charge < -0.3 is 10.2 Å². The number of Topliss-reactive ketones (excluding diaryl/α,β-unsaturated/α-hetero) is 1. The average Bonchev–Trinajstić information content (AvgIpc) is 2.86. The van der Waals surface area contributed by atoms with Crippen molar-refractivity contribution < 1.29 is 19.8 Å². The molecule has 2 N–H and O–H groups in total. The monoisotopic (exact) mass is 318 g/mol. The zero-order valence-electron chi connectivity index (χ0n) is 13.8. The second-order valence-corrected chi connectivity index (χ2v) is 8.38. The lowest BCUT2D eigenvalue weighted by atomic mass is 9.47. The van der Waals surface area contributed by atoms with Crippen LogP contribution in [0.2, 0.25) is 0 Å². The molecule has 4 rings (SSSR count). The molecule has 0 unspecified atom stereocenters. The van der Waals surface area contributed by atoms with Crippen molar-refractivity contribution in [2.45, 2.75) is 64.6 Å². The topological polar surface area (TPSA) is 74.6 Å². The molecular weight excluding hydrogens is 292 g/mol. The molecule has 0 aromatic heterocycles. The average molecular weight is 318 g/mol. The first kappa shape index (κ1) is 15.5. The van der Waals surface area contributed by atoms with Crippen LogP contribution in [0.15, 0.2) is 11.6 Å². The second-order valence-electron chi connectivity index (χ2n) is 8.38. The summed E-state index contributed by atoms with van der Waals surface area (Å²) in [5, 5.41) is 20.0. The fourth-order valence-corrected chi connectivity index (χ4v) is 6.53. The van der Waals surface area contributed by atoms with Gasteiger partial charge in [0.15, 0.2) is 12.1 Å². The van der Waals surface area contributed by atoms with Crippen LogP contribution in [0.1, 0.15) is 58.3 Å². The number of carbonyl (C=O) groups excluding carboxylic acids is 2. The van der Waals surface area contributed by atoms with E-state index >= 15 is 0 Å². The van der Waals surface area contributed by atoms with Gasteiger partial charge in [0.1, 0.15) is 5.78 Å². The molecule has 0 aromatic rings. The number of allylic oxidation sites excluding steroid dienone is 1. The molecule has 0 saturated heterocycles. The maximum absolute atomic E-state index is 12.5. The Morgan fingerprint density at radius 1 is 1.04 bits per heavy atom. The lowest BCUT2D eigenvalue weighted by Crippen LogP contribution is -2.55. The van der Waals surface area contributed by atoms with E-state index in [2.05, 4.69) is 6.92 Å². The fraction of sp³-hybridized carbons (Fsp3) is 0.789. The number of rotatable bonds is 1. The van der Waals surface area contributed by atoms with Gasteiger partial charge in [-0.1, -0.05) is 12.5 Å². The fourth-order valence-electron chi connectivity index (χ4n) is 6.53. The summed E-state index contributed by atoms with van der Waals surface area (Å²) < 4.78 is 0. The highest BCUT2D eigenvalue weighted by Crippen LogP contribution is 2.65. The van der Waals surface area contributed by atoms with Crippen LogP contribution in [0.4, 0.5) is 0 Å². The summed E-state index contributed by atoms with van der Waals surface area (Å²) in [4.78, 5) is 24.3. The Bertz CT molecular complexity index is 592. The van der Waals surface area contributed by atoms with Crippen molar-refractivity contribution in [2.75, 3.05) is 0 Å². The number of fused-ring (bicyclic) bond motifs is 5. The van der Waals surface area contributed by atoms with Crippen molar-refractivity contribution in [2.24, 2.45) is 28.6 Å². The van der Waals surface area contributed by atoms with E-state index in [0.717, 1.165) is 32.1 Å². The van der Waals surface area contributed by atoms with Crippen LogP contribution < -0.4 is 0 Å². The molecule has 4 nitrogen and oxygen atoms in total. The van der Waals surface area contributed by atoms with Gasteiger partial charge in [-0.3, -0.25) is 9.59 Å². The third-order valence-corrected chi connectivity index (χ3v) is 7.75. The standard InChI is InChI=1S/C19H26O4/c1-18-8-6-12(20)10-11(18)2-3-13-14(18)7-9-19(17(22)23)15(13)4-5-16(19)21/h10,13-15,17,22-23H,2-9H2,1H3/t13-,14+,15+,18+,19-/m1/s1. The molecule has 23 heavy (non-hydrogen) atoms. The Morgan fingerprint density at radius 3 is 2.57 bits per heavy atom. The Hall–Kier alpha value is -1.00. The third-order valence-electron chi connectivity index (χ3n) is 7.75. The molecule has 0 aromatic carbocycles. The zero-order chi connectivity index (χ0) is 16.4. The summed E-state index contributed by atoms with van der Waals surface area (Å²) in [5.41, 5.74) is 0.453. The maximum Gasteiger partial charge on any atom is 0.164 e. The highest BCUT2D eigenvalue weighted by Gasteiger charge is 2.63. The maximum atomic E-state index is 12.5. The van der Waals surface area contributed by atoms with Gasteiger partial charge in [0, 0.05) is 12.8 Å². The first-order chi connectivity index (χ1) is 10.9. The number of carbonyl (C=O) groups is 2. The number of aliphatic hydroxyl groups is 2. The molecule has 0 radical (unpaired) electrons. The number of hydrogen-bond donors (Lipinski definition) is 2. The van der Waals surface area contributed by atoms with Crippen LogP contribution in [0.5, 0.6) is 0 Å². The highest BCUT2D eigenvalue weighted by molar-refractivity contribution is 5.91. The molecule has 0 bridgehead atoms. The summed E-state index contributed by atoms with van der Waals surface area (Å²) in [6.45, 7) is 2.29. The molecule has 0 amide bonds. The van der Waals surface area contributed by atoms with Gasteiger partial charge in [-0.15, -0.1) is 0 Å². The van der Waals surface area contributed by atoms with Crippen molar-refractivity contribution in [3.05, 3.63) is 11.6 Å². The molecule has 126 valence electrons. The van der Waals surface area contributed by atoms with E-state index in [9.17, 15) is 19.8 Å². The van der Waals surface area contributed by atoms with Crippen LogP contribution in [0.3, 0.4) is 0 Å². The minimum Gasteiger partial charge on any atom is -0.367 e. The summed E-state index contributed by atoms with van der Waals surface area (Å²) in [5.74, 6) is 1.26. The van der Waals surface area contributed by atoms with E-state index in [1.54, 1.807) is 0 Å². The van der Waals surface area contributed by atoms with Gasteiger partial charge in [0.25, 0.3) is 0 Å². The predicted octanol–water partition coefficient (Wildman–Crippen LogP) is 2.38. The first-order valence-corrected chi connectivity index (χ1v) is 9.03. The van der Waals surface area contributed by atoms with Crippen molar-refractivity contribution in [3.8, 4) is 0 Å². The molecular formula is C19H26O4.